The Morgan fingerprint density at radius 1 is 0.113 bits per heavy atom. The highest BCUT2D eigenvalue weighted by molar-refractivity contribution is 6.07. The third-order valence-corrected chi connectivity index (χ3v) is 10.2. The predicted octanol–water partition coefficient (Wildman–Crippen LogP) is 17.4. The normalized spacial score (nSPS) is 9.94. The van der Waals surface area contributed by atoms with Crippen LogP contribution in [0.25, 0.3) is 66.1 Å². The van der Waals surface area contributed by atoms with Gasteiger partial charge in [-0.25, -0.2) is 0 Å². The van der Waals surface area contributed by atoms with Gasteiger partial charge in [0.05, 0.1) is 0 Å². The van der Waals surface area contributed by atoms with Crippen molar-refractivity contribution in [1.82, 2.24) is 0 Å². The maximum Gasteiger partial charge on any atom is -0.0105 e. The highest BCUT2D eigenvalue weighted by Crippen LogP contribution is 2.25. The Morgan fingerprint density at radius 3 is 0.435 bits per heavy atom. The van der Waals surface area contributed by atoms with E-state index in [9.17, 15) is 0 Å². The summed E-state index contributed by atoms with van der Waals surface area (Å²) in [5.74, 6) is 0. The molecule has 0 aliphatic carbocycles. The molecule has 0 aliphatic rings. The van der Waals surface area contributed by atoms with Crippen molar-refractivity contribution in [2.24, 2.45) is 0 Å². The minimum absolute atomic E-state index is 1.28. The average molecular weight is 795 g/mol. The Hall–Kier alpha value is -8.06. The van der Waals surface area contributed by atoms with Crippen LogP contribution in [-0.2, 0) is 0 Å². The van der Waals surface area contributed by atoms with Crippen LogP contribution >= 0.6 is 0 Å². The molecule has 298 valence electrons. The summed E-state index contributed by atoms with van der Waals surface area (Å²) < 4.78 is 0. The van der Waals surface area contributed by atoms with Crippen LogP contribution in [0, 0.1) is 0 Å². The molecule has 0 spiro atoms. The van der Waals surface area contributed by atoms with Crippen LogP contribution in [0.5, 0.6) is 0 Å². The average Bonchev–Trinajstić information content (AvgIpc) is 3.39. The Labute approximate surface area is 367 Å². The van der Waals surface area contributed by atoms with Crippen molar-refractivity contribution in [3.63, 3.8) is 0 Å². The second-order valence-corrected chi connectivity index (χ2v) is 14.4. The van der Waals surface area contributed by atoms with Gasteiger partial charge in [0, 0.05) is 0 Å². The van der Waals surface area contributed by atoms with E-state index in [-0.39, 0.29) is 0 Å². The molecule has 11 aromatic carbocycles. The molecule has 0 amide bonds. The second kappa shape index (κ2) is 23.5. The van der Waals surface area contributed by atoms with Crippen LogP contribution in [-0.4, -0.2) is 0 Å². The van der Waals surface area contributed by atoms with Crippen molar-refractivity contribution < 1.29 is 0 Å². The van der Waals surface area contributed by atoms with Gasteiger partial charge in [0.1, 0.15) is 0 Å². The number of fused-ring (bicyclic) bond motifs is 3. The van der Waals surface area contributed by atoms with Gasteiger partial charge in [0.25, 0.3) is 0 Å². The molecule has 0 aromatic heterocycles. The van der Waals surface area contributed by atoms with Crippen LogP contribution in [0.3, 0.4) is 0 Å². The van der Waals surface area contributed by atoms with E-state index in [1.54, 1.807) is 0 Å². The first kappa shape index (κ1) is 42.1. The van der Waals surface area contributed by atoms with Gasteiger partial charge in [0.15, 0.2) is 0 Å². The van der Waals surface area contributed by atoms with Gasteiger partial charge >= 0.3 is 0 Å². The lowest BCUT2D eigenvalue weighted by Crippen LogP contribution is -1.75. The SMILES string of the molecule is c1ccc(-c2ccccc2)cc1.c1ccc(-c2ccccc2)cc1.c1ccc(-c2ccccc2)cc1.c1ccc(-c2ccccc2)cc1.c1ccc2c(c1)ccc1ccccc12. The molecule has 0 atom stereocenters. The highest BCUT2D eigenvalue weighted by atomic mass is 14.0. The number of benzene rings is 11. The fourth-order valence-corrected chi connectivity index (χ4v) is 7.00. The van der Waals surface area contributed by atoms with E-state index in [4.69, 9.17) is 0 Å². The third kappa shape index (κ3) is 12.7. The largest absolute Gasteiger partial charge is 0.0622 e. The molecule has 0 bridgehead atoms. The Bertz CT molecular complexity index is 2370. The molecule has 0 aliphatic heterocycles. The maximum absolute atomic E-state index is 2.18. The number of hydrogen-bond acceptors (Lipinski definition) is 0. The van der Waals surface area contributed by atoms with Gasteiger partial charge in [-0.2, -0.15) is 0 Å². The lowest BCUT2D eigenvalue weighted by molar-refractivity contribution is 1.62. The van der Waals surface area contributed by atoms with E-state index in [2.05, 4.69) is 255 Å². The Morgan fingerprint density at radius 2 is 0.258 bits per heavy atom. The molecule has 62 heavy (non-hydrogen) atoms. The van der Waals surface area contributed by atoms with Gasteiger partial charge in [-0.05, 0) is 66.1 Å². The summed E-state index contributed by atoms with van der Waals surface area (Å²) in [6.07, 6.45) is 0. The zero-order valence-corrected chi connectivity index (χ0v) is 34.9. The van der Waals surface area contributed by atoms with Crippen molar-refractivity contribution in [2.75, 3.05) is 0 Å². The van der Waals surface area contributed by atoms with Crippen LogP contribution < -0.4 is 0 Å². The Kier molecular flexibility index (Phi) is 16.0. The van der Waals surface area contributed by atoms with Crippen LogP contribution in [0.4, 0.5) is 0 Å². The van der Waals surface area contributed by atoms with Crippen molar-refractivity contribution in [2.45, 2.75) is 0 Å². The third-order valence-electron chi connectivity index (χ3n) is 10.2. The standard InChI is InChI=1S/C14H10.4C12H10/c1-3-7-13-11(5-1)9-10-12-6-2-4-8-14(12)13;4*1-3-7-11(8-4-1)12-9-5-2-6-10-12/h1-10H;4*1-10H. The summed E-state index contributed by atoms with van der Waals surface area (Å²) in [6.45, 7) is 0. The summed E-state index contributed by atoms with van der Waals surface area (Å²) >= 11 is 0. The van der Waals surface area contributed by atoms with Crippen molar-refractivity contribution >= 4 is 21.5 Å². The zero-order valence-electron chi connectivity index (χ0n) is 34.9. The first-order valence-electron chi connectivity index (χ1n) is 21.1. The molecule has 0 fully saturated rings. The molecule has 0 N–H and O–H groups in total. The topological polar surface area (TPSA) is 0 Å². The fraction of sp³-hybridized carbons (Fsp3) is 0. The Balaban J connectivity index is 0.000000117. The maximum atomic E-state index is 2.18. The van der Waals surface area contributed by atoms with E-state index in [0.717, 1.165) is 0 Å². The minimum atomic E-state index is 1.28. The molecule has 0 heterocycles. The molecule has 0 radical (unpaired) electrons. The first-order chi connectivity index (χ1) is 30.8. The first-order valence-corrected chi connectivity index (χ1v) is 21.1. The summed E-state index contributed by atoms with van der Waals surface area (Å²) in [5, 5.41) is 5.30. The van der Waals surface area contributed by atoms with E-state index in [1.165, 1.54) is 66.1 Å². The fourth-order valence-electron chi connectivity index (χ4n) is 7.00. The summed E-state index contributed by atoms with van der Waals surface area (Å²) in [6, 6.07) is 104. The molecule has 11 rings (SSSR count). The molecule has 0 unspecified atom stereocenters. The quantitative estimate of drug-likeness (QED) is 0.156. The van der Waals surface area contributed by atoms with Gasteiger partial charge in [-0.15, -0.1) is 0 Å². The van der Waals surface area contributed by atoms with E-state index < -0.39 is 0 Å². The number of hydrogen-bond donors (Lipinski definition) is 0. The lowest BCUT2D eigenvalue weighted by Gasteiger charge is -2.02. The van der Waals surface area contributed by atoms with Gasteiger partial charge in [-0.3, -0.25) is 0 Å². The number of rotatable bonds is 4. The van der Waals surface area contributed by atoms with Crippen molar-refractivity contribution in [3.8, 4) is 44.5 Å². The summed E-state index contributed by atoms with van der Waals surface area (Å²) in [5.41, 5.74) is 10.2. The molecule has 0 saturated heterocycles. The molecule has 11 aromatic rings. The van der Waals surface area contributed by atoms with Crippen LogP contribution in [0.15, 0.2) is 303 Å². The second-order valence-electron chi connectivity index (χ2n) is 14.4. The lowest BCUT2D eigenvalue weighted by atomic mass is 10.0. The van der Waals surface area contributed by atoms with Crippen LogP contribution in [0.1, 0.15) is 0 Å². The molecular formula is C62H50. The molecule has 0 nitrogen and oxygen atoms in total. The van der Waals surface area contributed by atoms with Crippen LogP contribution in [0.2, 0.25) is 0 Å². The zero-order chi connectivity index (χ0) is 42.3. The van der Waals surface area contributed by atoms with Gasteiger partial charge < -0.3 is 0 Å². The molecule has 0 heteroatoms. The van der Waals surface area contributed by atoms with E-state index >= 15 is 0 Å². The van der Waals surface area contributed by atoms with Crippen molar-refractivity contribution in [3.05, 3.63) is 303 Å². The smallest absolute Gasteiger partial charge is 0.0105 e. The summed E-state index contributed by atoms with van der Waals surface area (Å²) in [4.78, 5) is 0. The monoisotopic (exact) mass is 794 g/mol. The van der Waals surface area contributed by atoms with Gasteiger partial charge in [0.2, 0.25) is 0 Å². The summed E-state index contributed by atoms with van der Waals surface area (Å²) in [7, 11) is 0. The van der Waals surface area contributed by atoms with Gasteiger partial charge in [-0.1, -0.05) is 303 Å². The minimum Gasteiger partial charge on any atom is -0.0622 e. The molecule has 0 saturated carbocycles. The predicted molar refractivity (Wildman–Crippen MR) is 269 cm³/mol. The van der Waals surface area contributed by atoms with E-state index in [1.807, 2.05) is 48.5 Å². The molecular weight excluding hydrogens is 745 g/mol. The highest BCUT2D eigenvalue weighted by Gasteiger charge is 1.98. The van der Waals surface area contributed by atoms with Crippen molar-refractivity contribution in [1.29, 1.82) is 0 Å². The van der Waals surface area contributed by atoms with E-state index in [0.29, 0.717) is 0 Å².